The van der Waals surface area contributed by atoms with Gasteiger partial charge in [0.2, 0.25) is 0 Å². The fourth-order valence-corrected chi connectivity index (χ4v) is 4.94. The van der Waals surface area contributed by atoms with E-state index in [1.165, 1.54) is 7.11 Å². The number of nitrogens with zero attached hydrogens (tertiary/aromatic N) is 3. The quantitative estimate of drug-likeness (QED) is 0.188. The molecule has 38 heavy (non-hydrogen) atoms. The van der Waals surface area contributed by atoms with Crippen molar-refractivity contribution in [3.05, 3.63) is 93.0 Å². The minimum absolute atomic E-state index is 0.482. The van der Waals surface area contributed by atoms with Crippen molar-refractivity contribution in [2.45, 2.75) is 59.8 Å². The first kappa shape index (κ1) is 27.4. The van der Waals surface area contributed by atoms with Crippen molar-refractivity contribution >= 4 is 34.3 Å². The van der Waals surface area contributed by atoms with Crippen molar-refractivity contribution in [3.63, 3.8) is 0 Å². The predicted molar refractivity (Wildman–Crippen MR) is 152 cm³/mol. The number of rotatable bonds is 6. The number of hydrogen-bond acceptors (Lipinski definition) is 4. The average Bonchev–Trinajstić information content (AvgIpc) is 3.10. The molecular weight excluding hydrogens is 498 g/mol. The van der Waals surface area contributed by atoms with Gasteiger partial charge in [-0.1, -0.05) is 48.0 Å². The highest BCUT2D eigenvalue weighted by Gasteiger charge is 2.34. The summed E-state index contributed by atoms with van der Waals surface area (Å²) in [6.45, 7) is 19.7. The van der Waals surface area contributed by atoms with Crippen molar-refractivity contribution in [1.82, 2.24) is 9.55 Å². The van der Waals surface area contributed by atoms with E-state index in [0.29, 0.717) is 28.5 Å². The molecule has 0 aliphatic heterocycles. The molecule has 2 heterocycles. The molecule has 0 saturated carbocycles. The van der Waals surface area contributed by atoms with Gasteiger partial charge in [-0.2, -0.15) is 0 Å². The van der Waals surface area contributed by atoms with Gasteiger partial charge in [0.05, 0.1) is 19.3 Å². The van der Waals surface area contributed by atoms with E-state index in [-0.39, 0.29) is 0 Å². The number of methoxy groups -OCH3 is 1. The number of ether oxygens (including phenoxy) is 2. The van der Waals surface area contributed by atoms with Crippen LogP contribution in [-0.2, 0) is 20.8 Å². The Kier molecular flexibility index (Phi) is 7.64. The van der Waals surface area contributed by atoms with Crippen LogP contribution in [-0.4, -0.2) is 28.2 Å². The van der Waals surface area contributed by atoms with Gasteiger partial charge in [-0.15, -0.1) is 0 Å². The maximum absolute atomic E-state index is 13.1. The first-order chi connectivity index (χ1) is 17.9. The van der Waals surface area contributed by atoms with Crippen LogP contribution >= 0.6 is 11.6 Å². The summed E-state index contributed by atoms with van der Waals surface area (Å²) in [5.41, 5.74) is 7.05. The molecule has 0 amide bonds. The number of benzene rings is 2. The molecule has 4 aromatic rings. The van der Waals surface area contributed by atoms with Crippen LogP contribution in [0, 0.1) is 27.3 Å². The number of aryl methyl sites for hydroxylation is 2. The SMILES string of the molecule is [C-]#[N+]c1cccc(Cn2c(C)c(C)c3c(-c4ccc(Cl)cc4)c([C@H](OC(C)(C)C)C(=O)OC)c(C)nc32)c1. The monoisotopic (exact) mass is 529 g/mol. The lowest BCUT2D eigenvalue weighted by molar-refractivity contribution is -0.164. The van der Waals surface area contributed by atoms with E-state index in [1.54, 1.807) is 6.07 Å². The van der Waals surface area contributed by atoms with Gasteiger partial charge in [0, 0.05) is 39.5 Å². The van der Waals surface area contributed by atoms with Crippen LogP contribution in [0.15, 0.2) is 48.5 Å². The molecule has 0 N–H and O–H groups in total. The largest absolute Gasteiger partial charge is 0.467 e. The molecule has 0 spiro atoms. The van der Waals surface area contributed by atoms with Gasteiger partial charge < -0.3 is 14.0 Å². The van der Waals surface area contributed by atoms with Gasteiger partial charge in [-0.3, -0.25) is 0 Å². The molecule has 4 rings (SSSR count). The Hall–Kier alpha value is -3.66. The van der Waals surface area contributed by atoms with E-state index in [9.17, 15) is 4.79 Å². The van der Waals surface area contributed by atoms with Crippen LogP contribution in [0.25, 0.3) is 27.0 Å². The minimum Gasteiger partial charge on any atom is -0.467 e. The van der Waals surface area contributed by atoms with Gasteiger partial charge in [0.25, 0.3) is 0 Å². The fraction of sp³-hybridized carbons (Fsp3) is 0.323. The van der Waals surface area contributed by atoms with Crippen molar-refractivity contribution < 1.29 is 14.3 Å². The van der Waals surface area contributed by atoms with E-state index >= 15 is 0 Å². The Balaban J connectivity index is 2.07. The van der Waals surface area contributed by atoms with Crippen LogP contribution < -0.4 is 0 Å². The lowest BCUT2D eigenvalue weighted by Crippen LogP contribution is -2.29. The van der Waals surface area contributed by atoms with Crippen LogP contribution in [0.4, 0.5) is 5.69 Å². The molecule has 0 radical (unpaired) electrons. The molecule has 2 aromatic carbocycles. The standard InChI is InChI=1S/C31H32ClN3O3/c1-18-20(3)35(17-21-10-9-11-24(16-21)33-7)29-25(18)27(22-12-14-23(32)15-13-22)26(19(2)34-29)28(30(36)37-8)38-31(4,5)6/h9-16,28H,17H2,1-6,8H3/t28-/m0/s1. The Morgan fingerprint density at radius 1 is 1.13 bits per heavy atom. The van der Waals surface area contributed by atoms with Crippen molar-refractivity contribution in [1.29, 1.82) is 0 Å². The van der Waals surface area contributed by atoms with Gasteiger partial charge in [-0.25, -0.2) is 14.6 Å². The van der Waals surface area contributed by atoms with Crippen molar-refractivity contribution in [2.75, 3.05) is 7.11 Å². The van der Waals surface area contributed by atoms with E-state index in [4.69, 9.17) is 32.6 Å². The summed E-state index contributed by atoms with van der Waals surface area (Å²) in [5, 5.41) is 1.57. The molecule has 0 saturated heterocycles. The third-order valence-corrected chi connectivity index (χ3v) is 6.90. The van der Waals surface area contributed by atoms with Crippen LogP contribution in [0.2, 0.25) is 5.02 Å². The molecule has 0 aliphatic carbocycles. The lowest BCUT2D eigenvalue weighted by Gasteiger charge is -2.29. The zero-order chi connectivity index (χ0) is 27.8. The average molecular weight is 530 g/mol. The normalized spacial score (nSPS) is 12.4. The number of hydrogen-bond donors (Lipinski definition) is 0. The Bertz CT molecular complexity index is 1560. The number of carbonyl (C=O) groups is 1. The second kappa shape index (κ2) is 10.6. The third kappa shape index (κ3) is 5.31. The minimum atomic E-state index is -0.971. The molecule has 0 aliphatic rings. The van der Waals surface area contributed by atoms with Crippen molar-refractivity contribution in [3.8, 4) is 11.1 Å². The summed E-state index contributed by atoms with van der Waals surface area (Å²) < 4.78 is 13.7. The van der Waals surface area contributed by atoms with Gasteiger partial charge in [-0.05, 0) is 70.4 Å². The summed E-state index contributed by atoms with van der Waals surface area (Å²) in [6.07, 6.45) is -0.971. The number of esters is 1. The number of carbonyl (C=O) groups excluding carboxylic acids is 1. The third-order valence-electron chi connectivity index (χ3n) is 6.65. The summed E-state index contributed by atoms with van der Waals surface area (Å²) >= 11 is 6.25. The number of fused-ring (bicyclic) bond motifs is 1. The summed E-state index contributed by atoms with van der Waals surface area (Å²) in [7, 11) is 1.37. The number of halogens is 1. The molecule has 0 unspecified atom stereocenters. The maximum atomic E-state index is 13.1. The van der Waals surface area contributed by atoms with Gasteiger partial charge in [0.1, 0.15) is 5.65 Å². The summed E-state index contributed by atoms with van der Waals surface area (Å²) in [5.74, 6) is -0.482. The maximum Gasteiger partial charge on any atom is 0.339 e. The van der Waals surface area contributed by atoms with Crippen molar-refractivity contribution in [2.24, 2.45) is 0 Å². The molecule has 2 aromatic heterocycles. The van der Waals surface area contributed by atoms with Crippen LogP contribution in [0.5, 0.6) is 0 Å². The zero-order valence-electron chi connectivity index (χ0n) is 22.8. The lowest BCUT2D eigenvalue weighted by atomic mass is 9.91. The molecule has 7 heteroatoms. The Morgan fingerprint density at radius 2 is 1.82 bits per heavy atom. The molecule has 1 atom stereocenters. The molecule has 6 nitrogen and oxygen atoms in total. The molecule has 196 valence electrons. The molecule has 0 bridgehead atoms. The van der Waals surface area contributed by atoms with Gasteiger partial charge in [0.15, 0.2) is 11.8 Å². The molecular formula is C31H32ClN3O3. The highest BCUT2D eigenvalue weighted by atomic mass is 35.5. The van der Waals surface area contributed by atoms with E-state index in [0.717, 1.165) is 39.0 Å². The first-order valence-corrected chi connectivity index (χ1v) is 12.8. The second-order valence-electron chi connectivity index (χ2n) is 10.4. The highest BCUT2D eigenvalue weighted by molar-refractivity contribution is 6.30. The number of aromatic nitrogens is 2. The molecule has 0 fully saturated rings. The number of pyridine rings is 1. The van der Waals surface area contributed by atoms with Crippen LogP contribution in [0.1, 0.15) is 55.0 Å². The second-order valence-corrected chi connectivity index (χ2v) is 10.8. The van der Waals surface area contributed by atoms with Crippen LogP contribution in [0.3, 0.4) is 0 Å². The Morgan fingerprint density at radius 3 is 2.42 bits per heavy atom. The van der Waals surface area contributed by atoms with E-state index in [2.05, 4.69) is 23.3 Å². The highest BCUT2D eigenvalue weighted by Crippen LogP contribution is 2.42. The summed E-state index contributed by atoms with van der Waals surface area (Å²) in [6, 6.07) is 15.2. The zero-order valence-corrected chi connectivity index (χ0v) is 23.6. The smallest absolute Gasteiger partial charge is 0.339 e. The van der Waals surface area contributed by atoms with Gasteiger partial charge >= 0.3 is 5.97 Å². The van der Waals surface area contributed by atoms with E-state index in [1.807, 2.05) is 70.2 Å². The van der Waals surface area contributed by atoms with E-state index < -0.39 is 17.7 Å². The fourth-order valence-electron chi connectivity index (χ4n) is 4.82. The Labute approximate surface area is 229 Å². The summed E-state index contributed by atoms with van der Waals surface area (Å²) in [4.78, 5) is 21.8. The first-order valence-electron chi connectivity index (χ1n) is 12.4. The predicted octanol–water partition coefficient (Wildman–Crippen LogP) is 7.91. The topological polar surface area (TPSA) is 57.7 Å².